The van der Waals surface area contributed by atoms with E-state index in [-0.39, 0.29) is 18.6 Å². The number of amides is 1. The van der Waals surface area contributed by atoms with Crippen molar-refractivity contribution in [3.8, 4) is 5.75 Å². The Bertz CT molecular complexity index is 561. The molecule has 1 unspecified atom stereocenters. The number of rotatable bonds is 9. The monoisotopic (exact) mass is 350 g/mol. The van der Waals surface area contributed by atoms with E-state index in [0.717, 1.165) is 11.3 Å². The second-order valence-corrected chi connectivity index (χ2v) is 6.00. The Morgan fingerprint density at radius 1 is 1.32 bits per heavy atom. The van der Waals surface area contributed by atoms with Crippen molar-refractivity contribution in [1.29, 1.82) is 0 Å². The lowest BCUT2D eigenvalue weighted by atomic mass is 10.2. The van der Waals surface area contributed by atoms with Gasteiger partial charge in [-0.05, 0) is 31.5 Å². The van der Waals surface area contributed by atoms with Crippen LogP contribution < -0.4 is 15.4 Å². The molecule has 1 amide bonds. The Kier molecular flexibility index (Phi) is 9.39. The summed E-state index contributed by atoms with van der Waals surface area (Å²) in [4.78, 5) is 17.5. The van der Waals surface area contributed by atoms with Crippen molar-refractivity contribution in [1.82, 2.24) is 15.5 Å². The maximum Gasteiger partial charge on any atom is 0.243 e. The zero-order valence-corrected chi connectivity index (χ0v) is 15.8. The van der Waals surface area contributed by atoms with E-state index < -0.39 is 0 Å². The molecule has 0 bridgehead atoms. The van der Waals surface area contributed by atoms with Crippen molar-refractivity contribution in [3.63, 3.8) is 0 Å². The van der Waals surface area contributed by atoms with E-state index in [9.17, 15) is 4.79 Å². The molecule has 140 valence electrons. The summed E-state index contributed by atoms with van der Waals surface area (Å²) in [6.07, 6.45) is -0.0548. The Balaban J connectivity index is 2.54. The average molecular weight is 350 g/mol. The average Bonchev–Trinajstić information content (AvgIpc) is 2.56. The van der Waals surface area contributed by atoms with Gasteiger partial charge in [0.15, 0.2) is 5.96 Å². The maximum atomic E-state index is 11.7. The fourth-order valence-corrected chi connectivity index (χ4v) is 1.94. The molecule has 25 heavy (non-hydrogen) atoms. The third-order valence-corrected chi connectivity index (χ3v) is 3.35. The van der Waals surface area contributed by atoms with E-state index >= 15 is 0 Å². The molecule has 7 heteroatoms. The van der Waals surface area contributed by atoms with Gasteiger partial charge >= 0.3 is 0 Å². The van der Waals surface area contributed by atoms with Crippen LogP contribution in [0.2, 0.25) is 0 Å². The van der Waals surface area contributed by atoms with Gasteiger partial charge in [0.25, 0.3) is 0 Å². The van der Waals surface area contributed by atoms with Crippen molar-refractivity contribution in [2.75, 3.05) is 47.4 Å². The van der Waals surface area contributed by atoms with Gasteiger partial charge in [0.05, 0.1) is 13.2 Å². The third kappa shape index (κ3) is 8.95. The number of nitrogens with zero attached hydrogens (tertiary/aromatic N) is 2. The van der Waals surface area contributed by atoms with E-state index in [2.05, 4.69) is 15.6 Å². The number of ether oxygens (including phenoxy) is 2. The summed E-state index contributed by atoms with van der Waals surface area (Å²) in [5, 5.41) is 6.33. The Labute approximate surface area is 150 Å². The fourth-order valence-electron chi connectivity index (χ4n) is 1.94. The largest absolute Gasteiger partial charge is 0.489 e. The maximum absolute atomic E-state index is 11.7. The number of likely N-dealkylation sites (N-methyl/N-ethyl adjacent to an activating group) is 1. The molecule has 0 aromatic heterocycles. The molecule has 2 N–H and O–H groups in total. The number of carbonyl (C=O) groups is 1. The zero-order chi connectivity index (χ0) is 18.7. The molecule has 1 rings (SSSR count). The van der Waals surface area contributed by atoms with Crippen LogP contribution in [-0.4, -0.2) is 70.3 Å². The van der Waals surface area contributed by atoms with E-state index in [4.69, 9.17) is 9.47 Å². The minimum absolute atomic E-state index is 0.0548. The highest BCUT2D eigenvalue weighted by Gasteiger charge is 2.08. The standard InChI is InChI=1S/C18H30N4O3/c1-14-7-6-8-16(11-14)25-15(2)12-20-18(19-9-10-24-5)21-13-17(23)22(3)4/h6-8,11,15H,9-10,12-13H2,1-5H3,(H2,19,20,21). The number of carbonyl (C=O) groups excluding carboxylic acids is 1. The second kappa shape index (κ2) is 11.3. The first-order valence-electron chi connectivity index (χ1n) is 8.37. The number of hydrogen-bond donors (Lipinski definition) is 2. The second-order valence-electron chi connectivity index (χ2n) is 6.00. The van der Waals surface area contributed by atoms with Crippen LogP contribution >= 0.6 is 0 Å². The Hall–Kier alpha value is -2.28. The molecule has 1 aromatic rings. The number of nitrogens with one attached hydrogen (secondary N) is 2. The number of aryl methyl sites for hydroxylation is 1. The predicted octanol–water partition coefficient (Wildman–Crippen LogP) is 1.03. The van der Waals surface area contributed by atoms with Crippen LogP contribution in [0.15, 0.2) is 29.3 Å². The molecule has 0 spiro atoms. The summed E-state index contributed by atoms with van der Waals surface area (Å²) in [5.74, 6) is 1.34. The van der Waals surface area contributed by atoms with Crippen LogP contribution in [0, 0.1) is 6.92 Å². The summed E-state index contributed by atoms with van der Waals surface area (Å²) in [5.41, 5.74) is 1.16. The van der Waals surface area contributed by atoms with Crippen molar-refractivity contribution in [2.24, 2.45) is 4.99 Å². The van der Waals surface area contributed by atoms with Gasteiger partial charge < -0.3 is 25.0 Å². The van der Waals surface area contributed by atoms with E-state index in [0.29, 0.717) is 25.7 Å². The molecule has 7 nitrogen and oxygen atoms in total. The quantitative estimate of drug-likeness (QED) is 0.395. The summed E-state index contributed by atoms with van der Waals surface area (Å²) in [6, 6.07) is 7.93. The van der Waals surface area contributed by atoms with Gasteiger partial charge in [0.1, 0.15) is 18.4 Å². The SMILES string of the molecule is COCCNC(=NCC(=O)N(C)C)NCC(C)Oc1cccc(C)c1. The molecule has 0 aliphatic heterocycles. The van der Waals surface area contributed by atoms with Crippen LogP contribution in [0.4, 0.5) is 0 Å². The smallest absolute Gasteiger partial charge is 0.243 e. The number of benzene rings is 1. The topological polar surface area (TPSA) is 75.2 Å². The van der Waals surface area contributed by atoms with Gasteiger partial charge in [-0.1, -0.05) is 12.1 Å². The molecule has 0 fully saturated rings. The van der Waals surface area contributed by atoms with Crippen LogP contribution in [0.3, 0.4) is 0 Å². The number of aliphatic imine (C=N–C) groups is 1. The first kappa shape index (κ1) is 20.8. The van der Waals surface area contributed by atoms with Crippen molar-refractivity contribution in [2.45, 2.75) is 20.0 Å². The molecule has 0 saturated carbocycles. The molecule has 0 aliphatic carbocycles. The van der Waals surface area contributed by atoms with Crippen LogP contribution in [0.5, 0.6) is 5.75 Å². The Morgan fingerprint density at radius 2 is 2.08 bits per heavy atom. The van der Waals surface area contributed by atoms with Gasteiger partial charge in [0.2, 0.25) is 5.91 Å². The molecule has 0 aliphatic rings. The summed E-state index contributed by atoms with van der Waals surface area (Å²) in [7, 11) is 5.06. The third-order valence-electron chi connectivity index (χ3n) is 3.35. The first-order chi connectivity index (χ1) is 11.9. The predicted molar refractivity (Wildman–Crippen MR) is 100 cm³/mol. The van der Waals surface area contributed by atoms with Gasteiger partial charge in [-0.15, -0.1) is 0 Å². The van der Waals surface area contributed by atoms with Gasteiger partial charge in [-0.2, -0.15) is 0 Å². The lowest BCUT2D eigenvalue weighted by Crippen LogP contribution is -2.43. The van der Waals surface area contributed by atoms with Crippen LogP contribution in [-0.2, 0) is 9.53 Å². The molecular formula is C18H30N4O3. The number of hydrogen-bond acceptors (Lipinski definition) is 4. The molecular weight excluding hydrogens is 320 g/mol. The summed E-state index contributed by atoms with van der Waals surface area (Å²) < 4.78 is 10.9. The lowest BCUT2D eigenvalue weighted by Gasteiger charge is -2.18. The van der Waals surface area contributed by atoms with E-state index in [1.165, 1.54) is 4.90 Å². The minimum Gasteiger partial charge on any atom is -0.489 e. The highest BCUT2D eigenvalue weighted by atomic mass is 16.5. The molecule has 1 aromatic carbocycles. The highest BCUT2D eigenvalue weighted by Crippen LogP contribution is 2.13. The van der Waals surface area contributed by atoms with Gasteiger partial charge in [-0.25, -0.2) is 4.99 Å². The van der Waals surface area contributed by atoms with E-state index in [1.54, 1.807) is 21.2 Å². The molecule has 1 atom stereocenters. The molecule has 0 heterocycles. The van der Waals surface area contributed by atoms with Gasteiger partial charge in [0, 0.05) is 27.7 Å². The number of guanidine groups is 1. The summed E-state index contributed by atoms with van der Waals surface area (Å²) >= 11 is 0. The van der Waals surface area contributed by atoms with Gasteiger partial charge in [-0.3, -0.25) is 4.79 Å². The first-order valence-corrected chi connectivity index (χ1v) is 8.37. The molecule has 0 radical (unpaired) electrons. The Morgan fingerprint density at radius 3 is 2.72 bits per heavy atom. The highest BCUT2D eigenvalue weighted by molar-refractivity contribution is 5.84. The van der Waals surface area contributed by atoms with Crippen molar-refractivity contribution < 1.29 is 14.3 Å². The zero-order valence-electron chi connectivity index (χ0n) is 15.8. The van der Waals surface area contributed by atoms with Crippen LogP contribution in [0.25, 0.3) is 0 Å². The minimum atomic E-state index is -0.0584. The van der Waals surface area contributed by atoms with Crippen molar-refractivity contribution in [3.05, 3.63) is 29.8 Å². The number of methoxy groups -OCH3 is 1. The lowest BCUT2D eigenvalue weighted by molar-refractivity contribution is -0.127. The summed E-state index contributed by atoms with van der Waals surface area (Å²) in [6.45, 7) is 5.81. The molecule has 0 saturated heterocycles. The fraction of sp³-hybridized carbons (Fsp3) is 0.556. The van der Waals surface area contributed by atoms with E-state index in [1.807, 2.05) is 38.1 Å². The normalized spacial score (nSPS) is 12.4. The van der Waals surface area contributed by atoms with Crippen LogP contribution in [0.1, 0.15) is 12.5 Å². The van der Waals surface area contributed by atoms with Crippen molar-refractivity contribution >= 4 is 11.9 Å².